The first kappa shape index (κ1) is 12.8. The zero-order valence-electron chi connectivity index (χ0n) is 10.0. The van der Waals surface area contributed by atoms with Gasteiger partial charge in [-0.25, -0.2) is 0 Å². The summed E-state index contributed by atoms with van der Waals surface area (Å²) >= 11 is 1.66. The first-order valence-corrected chi connectivity index (χ1v) is 6.32. The van der Waals surface area contributed by atoms with E-state index in [0.29, 0.717) is 25.3 Å². The van der Waals surface area contributed by atoms with Gasteiger partial charge < -0.3 is 10.0 Å². The van der Waals surface area contributed by atoms with Crippen LogP contribution < -0.4 is 0 Å². The summed E-state index contributed by atoms with van der Waals surface area (Å²) in [7, 11) is 0. The second-order valence-corrected chi connectivity index (χ2v) is 7.27. The van der Waals surface area contributed by atoms with E-state index in [-0.39, 0.29) is 10.7 Å². The van der Waals surface area contributed by atoms with Gasteiger partial charge in [-0.2, -0.15) is 0 Å². The van der Waals surface area contributed by atoms with Crippen LogP contribution in [0.3, 0.4) is 0 Å². The van der Waals surface area contributed by atoms with Crippen LogP contribution in [0.15, 0.2) is 0 Å². The molecule has 1 rings (SSSR count). The summed E-state index contributed by atoms with van der Waals surface area (Å²) in [5.41, 5.74) is -0.679. The van der Waals surface area contributed by atoms with Gasteiger partial charge in [0, 0.05) is 17.8 Å². The summed E-state index contributed by atoms with van der Waals surface area (Å²) in [6.45, 7) is 9.27. The van der Waals surface area contributed by atoms with Gasteiger partial charge in [0.1, 0.15) is 0 Å². The lowest BCUT2D eigenvalue weighted by molar-refractivity contribution is -0.128. The molecule has 15 heavy (non-hydrogen) atoms. The summed E-state index contributed by atoms with van der Waals surface area (Å²) in [6, 6.07) is 0. The van der Waals surface area contributed by atoms with Crippen molar-refractivity contribution in [3.05, 3.63) is 0 Å². The number of amides is 1. The maximum Gasteiger partial charge on any atom is 0.232 e. The van der Waals surface area contributed by atoms with E-state index in [2.05, 4.69) is 20.8 Å². The van der Waals surface area contributed by atoms with E-state index < -0.39 is 5.60 Å². The number of likely N-dealkylation sites (tertiary alicyclic amines) is 1. The molecule has 1 aliphatic rings. The number of thioether (sulfide) groups is 1. The maximum absolute atomic E-state index is 11.8. The van der Waals surface area contributed by atoms with Gasteiger partial charge in [-0.05, 0) is 13.3 Å². The normalized spacial score (nSPS) is 27.1. The highest BCUT2D eigenvalue weighted by molar-refractivity contribution is 8.01. The predicted octanol–water partition coefficient (Wildman–Crippen LogP) is 1.50. The lowest BCUT2D eigenvalue weighted by atomic mass is 10.1. The first-order chi connectivity index (χ1) is 6.70. The minimum atomic E-state index is -0.679. The molecule has 0 radical (unpaired) electrons. The summed E-state index contributed by atoms with van der Waals surface area (Å²) < 4.78 is 0.123. The third kappa shape index (κ3) is 4.43. The molecule has 3 nitrogen and oxygen atoms in total. The fourth-order valence-electron chi connectivity index (χ4n) is 1.53. The lowest BCUT2D eigenvalue weighted by Crippen LogP contribution is -2.35. The molecule has 0 aromatic carbocycles. The SMILES string of the molecule is CC1(O)CCN(C(=O)CSC(C)(C)C)C1. The van der Waals surface area contributed by atoms with Gasteiger partial charge in [0.2, 0.25) is 5.91 Å². The van der Waals surface area contributed by atoms with Gasteiger partial charge in [0.25, 0.3) is 0 Å². The highest BCUT2D eigenvalue weighted by Crippen LogP contribution is 2.25. The monoisotopic (exact) mass is 231 g/mol. The Hall–Kier alpha value is -0.220. The number of carbonyl (C=O) groups excluding carboxylic acids is 1. The van der Waals surface area contributed by atoms with Crippen molar-refractivity contribution >= 4 is 17.7 Å². The topological polar surface area (TPSA) is 40.5 Å². The molecule has 0 aromatic heterocycles. The standard InChI is InChI=1S/C11H21NO2S/c1-10(2,3)15-7-9(13)12-6-5-11(4,14)8-12/h14H,5-8H2,1-4H3. The highest BCUT2D eigenvalue weighted by atomic mass is 32.2. The Kier molecular flexibility index (Phi) is 3.71. The summed E-state index contributed by atoms with van der Waals surface area (Å²) in [4.78, 5) is 13.5. The molecule has 1 aliphatic heterocycles. The zero-order valence-corrected chi connectivity index (χ0v) is 10.9. The molecule has 0 aliphatic carbocycles. The second-order valence-electron chi connectivity index (χ2n) is 5.46. The molecule has 1 saturated heterocycles. The average molecular weight is 231 g/mol. The van der Waals surface area contributed by atoms with Gasteiger partial charge in [0.05, 0.1) is 11.4 Å². The molecule has 0 saturated carbocycles. The lowest BCUT2D eigenvalue weighted by Gasteiger charge is -2.22. The molecule has 1 amide bonds. The number of nitrogens with zero attached hydrogens (tertiary/aromatic N) is 1. The van der Waals surface area contributed by atoms with Gasteiger partial charge in [-0.3, -0.25) is 4.79 Å². The summed E-state index contributed by atoms with van der Waals surface area (Å²) in [5, 5.41) is 9.74. The third-order valence-electron chi connectivity index (χ3n) is 2.43. The molecule has 4 heteroatoms. The van der Waals surface area contributed by atoms with Crippen molar-refractivity contribution < 1.29 is 9.90 Å². The average Bonchev–Trinajstić information content (AvgIpc) is 2.40. The quantitative estimate of drug-likeness (QED) is 0.783. The van der Waals surface area contributed by atoms with E-state index in [1.807, 2.05) is 0 Å². The maximum atomic E-state index is 11.8. The largest absolute Gasteiger partial charge is 0.388 e. The van der Waals surface area contributed by atoms with Crippen molar-refractivity contribution in [2.45, 2.75) is 44.5 Å². The Morgan fingerprint density at radius 3 is 2.53 bits per heavy atom. The summed E-state index contributed by atoms with van der Waals surface area (Å²) in [6.07, 6.45) is 0.693. The van der Waals surface area contributed by atoms with Crippen LogP contribution in [0.25, 0.3) is 0 Å². The predicted molar refractivity (Wildman–Crippen MR) is 64.0 cm³/mol. The molecule has 1 heterocycles. The Morgan fingerprint density at radius 2 is 2.13 bits per heavy atom. The number of β-amino-alcohol motifs (C(OH)–C–C–N with tert-alkyl or cyclic N) is 1. The Labute approximate surface area is 96.2 Å². The highest BCUT2D eigenvalue weighted by Gasteiger charge is 2.33. The Morgan fingerprint density at radius 1 is 1.53 bits per heavy atom. The smallest absolute Gasteiger partial charge is 0.232 e. The molecule has 1 atom stereocenters. The fraction of sp³-hybridized carbons (Fsp3) is 0.909. The van der Waals surface area contributed by atoms with E-state index in [0.717, 1.165) is 0 Å². The summed E-state index contributed by atoms with van der Waals surface area (Å²) in [5.74, 6) is 0.659. The minimum Gasteiger partial charge on any atom is -0.388 e. The minimum absolute atomic E-state index is 0.123. The van der Waals surface area contributed by atoms with Gasteiger partial charge in [-0.1, -0.05) is 20.8 Å². The Bertz CT molecular complexity index is 245. The molecular formula is C11H21NO2S. The zero-order chi connectivity index (χ0) is 11.7. The molecule has 0 spiro atoms. The molecule has 0 bridgehead atoms. The first-order valence-electron chi connectivity index (χ1n) is 5.34. The molecule has 88 valence electrons. The Balaban J connectivity index is 2.37. The van der Waals surface area contributed by atoms with Crippen molar-refractivity contribution in [3.8, 4) is 0 Å². The van der Waals surface area contributed by atoms with Crippen LogP contribution in [-0.4, -0.2) is 45.1 Å². The van der Waals surface area contributed by atoms with Crippen molar-refractivity contribution in [1.82, 2.24) is 4.90 Å². The van der Waals surface area contributed by atoms with E-state index in [1.165, 1.54) is 0 Å². The van der Waals surface area contributed by atoms with Gasteiger partial charge in [-0.15, -0.1) is 11.8 Å². The van der Waals surface area contributed by atoms with E-state index in [9.17, 15) is 9.90 Å². The van der Waals surface area contributed by atoms with Crippen molar-refractivity contribution in [2.75, 3.05) is 18.8 Å². The molecule has 1 fully saturated rings. The van der Waals surface area contributed by atoms with Crippen LogP contribution in [0, 0.1) is 0 Å². The fourth-order valence-corrected chi connectivity index (χ4v) is 2.27. The number of rotatable bonds is 2. The van der Waals surface area contributed by atoms with Crippen molar-refractivity contribution in [3.63, 3.8) is 0 Å². The van der Waals surface area contributed by atoms with E-state index in [1.54, 1.807) is 23.6 Å². The number of hydrogen-bond acceptors (Lipinski definition) is 3. The van der Waals surface area contributed by atoms with E-state index >= 15 is 0 Å². The molecule has 0 aromatic rings. The van der Waals surface area contributed by atoms with Crippen LogP contribution in [0.5, 0.6) is 0 Å². The molecule has 1 N–H and O–H groups in total. The van der Waals surface area contributed by atoms with Crippen LogP contribution in [-0.2, 0) is 4.79 Å². The third-order valence-corrected chi connectivity index (χ3v) is 3.69. The number of carbonyl (C=O) groups is 1. The van der Waals surface area contributed by atoms with Crippen LogP contribution in [0.2, 0.25) is 0 Å². The molecule has 1 unspecified atom stereocenters. The van der Waals surface area contributed by atoms with Gasteiger partial charge in [0.15, 0.2) is 0 Å². The second kappa shape index (κ2) is 4.34. The number of hydrogen-bond donors (Lipinski definition) is 1. The van der Waals surface area contributed by atoms with E-state index in [4.69, 9.17) is 0 Å². The number of aliphatic hydroxyl groups is 1. The van der Waals surface area contributed by atoms with Crippen LogP contribution >= 0.6 is 11.8 Å². The molecular weight excluding hydrogens is 210 g/mol. The van der Waals surface area contributed by atoms with Crippen molar-refractivity contribution in [1.29, 1.82) is 0 Å². The van der Waals surface area contributed by atoms with Crippen LogP contribution in [0.1, 0.15) is 34.1 Å². The van der Waals surface area contributed by atoms with Crippen LogP contribution in [0.4, 0.5) is 0 Å². The van der Waals surface area contributed by atoms with Gasteiger partial charge >= 0.3 is 0 Å². The van der Waals surface area contributed by atoms with Crippen molar-refractivity contribution in [2.24, 2.45) is 0 Å².